The molecule has 0 bridgehead atoms. The van der Waals surface area contributed by atoms with Gasteiger partial charge in [-0.05, 0) is 43.0 Å². The summed E-state index contributed by atoms with van der Waals surface area (Å²) < 4.78 is 11.0. The summed E-state index contributed by atoms with van der Waals surface area (Å²) in [6.07, 6.45) is 5.38. The normalized spacial score (nSPS) is 13.2. The number of nitrogens with one attached hydrogen (secondary N) is 1. The van der Waals surface area contributed by atoms with E-state index in [0.717, 1.165) is 24.1 Å². The molecule has 0 unspecified atom stereocenters. The van der Waals surface area contributed by atoms with Crippen molar-refractivity contribution >= 4 is 17.2 Å². The summed E-state index contributed by atoms with van der Waals surface area (Å²) >= 11 is 0. The largest absolute Gasteiger partial charge is 0.476 e. The van der Waals surface area contributed by atoms with Crippen molar-refractivity contribution in [1.82, 2.24) is 9.97 Å². The molecule has 2 aromatic heterocycles. The van der Waals surface area contributed by atoms with E-state index in [1.54, 1.807) is 12.3 Å². The zero-order chi connectivity index (χ0) is 17.9. The Hall–Kier alpha value is -3.53. The first-order valence-corrected chi connectivity index (χ1v) is 8.32. The summed E-state index contributed by atoms with van der Waals surface area (Å²) in [4.78, 5) is 8.32. The lowest BCUT2D eigenvalue weighted by Gasteiger charge is -2.12. The second kappa shape index (κ2) is 6.76. The number of nitrogen functional groups attached to an aromatic ring is 1. The molecule has 0 atom stereocenters. The molecule has 4 rings (SSSR count). The number of pyridine rings is 1. The molecule has 3 aromatic rings. The Morgan fingerprint density at radius 2 is 2.12 bits per heavy atom. The molecule has 26 heavy (non-hydrogen) atoms. The van der Waals surface area contributed by atoms with Gasteiger partial charge in [-0.3, -0.25) is 0 Å². The fourth-order valence-electron chi connectivity index (χ4n) is 2.53. The van der Waals surface area contributed by atoms with Crippen LogP contribution in [-0.4, -0.2) is 16.6 Å². The Labute approximate surface area is 150 Å². The molecule has 1 aromatic carbocycles. The number of ether oxygens (including phenoxy) is 1. The number of rotatable bonds is 6. The molecule has 2 heterocycles. The third-order valence-electron chi connectivity index (χ3n) is 4.16. The zero-order valence-electron chi connectivity index (χ0n) is 14.0. The van der Waals surface area contributed by atoms with Crippen molar-refractivity contribution in [3.63, 3.8) is 0 Å². The second-order valence-corrected chi connectivity index (χ2v) is 6.21. The SMILES string of the molecule is N#Cc1c(N)cc(Nc2ccc(-c3cnco3)cc2)nc1OCC1CC1. The van der Waals surface area contributed by atoms with Gasteiger partial charge in [0, 0.05) is 17.3 Å². The summed E-state index contributed by atoms with van der Waals surface area (Å²) in [7, 11) is 0. The Morgan fingerprint density at radius 1 is 1.31 bits per heavy atom. The molecule has 1 fully saturated rings. The molecule has 130 valence electrons. The fraction of sp³-hybridized carbons (Fsp3) is 0.211. The van der Waals surface area contributed by atoms with E-state index in [9.17, 15) is 5.26 Å². The third-order valence-corrected chi connectivity index (χ3v) is 4.16. The average Bonchev–Trinajstić information content (AvgIpc) is 3.31. The van der Waals surface area contributed by atoms with Crippen LogP contribution in [0.15, 0.2) is 47.3 Å². The van der Waals surface area contributed by atoms with Gasteiger partial charge in [-0.2, -0.15) is 10.2 Å². The van der Waals surface area contributed by atoms with Crippen molar-refractivity contribution in [2.75, 3.05) is 17.7 Å². The molecular formula is C19H17N5O2. The topological polar surface area (TPSA) is 110 Å². The molecule has 0 aliphatic heterocycles. The summed E-state index contributed by atoms with van der Waals surface area (Å²) in [5, 5.41) is 12.5. The average molecular weight is 347 g/mol. The van der Waals surface area contributed by atoms with Crippen LogP contribution in [-0.2, 0) is 0 Å². The van der Waals surface area contributed by atoms with Crippen LogP contribution in [0.25, 0.3) is 11.3 Å². The van der Waals surface area contributed by atoms with Gasteiger partial charge in [-0.25, -0.2) is 4.98 Å². The third kappa shape index (κ3) is 3.44. The highest BCUT2D eigenvalue weighted by Gasteiger charge is 2.23. The molecule has 3 N–H and O–H groups in total. The Morgan fingerprint density at radius 3 is 2.77 bits per heavy atom. The summed E-state index contributed by atoms with van der Waals surface area (Å²) in [6, 6.07) is 11.3. The van der Waals surface area contributed by atoms with E-state index in [2.05, 4.69) is 21.4 Å². The second-order valence-electron chi connectivity index (χ2n) is 6.21. The molecule has 0 radical (unpaired) electrons. The lowest BCUT2D eigenvalue weighted by molar-refractivity contribution is 0.288. The molecule has 1 aliphatic carbocycles. The smallest absolute Gasteiger partial charge is 0.235 e. The van der Waals surface area contributed by atoms with Crippen molar-refractivity contribution in [2.45, 2.75) is 12.8 Å². The highest BCUT2D eigenvalue weighted by molar-refractivity contribution is 5.69. The summed E-state index contributed by atoms with van der Waals surface area (Å²) in [6.45, 7) is 0.566. The van der Waals surface area contributed by atoms with Gasteiger partial charge in [0.1, 0.15) is 17.5 Å². The zero-order valence-corrected chi connectivity index (χ0v) is 14.0. The summed E-state index contributed by atoms with van der Waals surface area (Å²) in [5.74, 6) is 2.07. The van der Waals surface area contributed by atoms with E-state index < -0.39 is 0 Å². The van der Waals surface area contributed by atoms with E-state index in [0.29, 0.717) is 29.8 Å². The number of oxazole rings is 1. The summed E-state index contributed by atoms with van der Waals surface area (Å²) in [5.41, 5.74) is 8.37. The Balaban J connectivity index is 1.54. The van der Waals surface area contributed by atoms with Crippen molar-refractivity contribution in [3.05, 3.63) is 48.5 Å². The lowest BCUT2D eigenvalue weighted by Crippen LogP contribution is -2.06. The number of benzene rings is 1. The van der Waals surface area contributed by atoms with E-state index in [1.807, 2.05) is 24.3 Å². The number of hydrogen-bond acceptors (Lipinski definition) is 7. The number of nitrogens with two attached hydrogens (primary N) is 1. The van der Waals surface area contributed by atoms with Gasteiger partial charge < -0.3 is 20.2 Å². The van der Waals surface area contributed by atoms with Crippen LogP contribution < -0.4 is 15.8 Å². The maximum Gasteiger partial charge on any atom is 0.235 e. The predicted molar refractivity (Wildman–Crippen MR) is 96.8 cm³/mol. The van der Waals surface area contributed by atoms with E-state index in [4.69, 9.17) is 14.9 Å². The first-order chi connectivity index (χ1) is 12.7. The molecular weight excluding hydrogens is 330 g/mol. The van der Waals surface area contributed by atoms with Crippen LogP contribution >= 0.6 is 0 Å². The standard InChI is InChI=1S/C19H17N5O2/c20-8-15-16(21)7-18(24-19(15)25-10-12-1-2-12)23-14-5-3-13(4-6-14)17-9-22-11-26-17/h3-7,9,11-12H,1-2,10H2,(H3,21,23,24). The first kappa shape index (κ1) is 16.0. The van der Waals surface area contributed by atoms with Gasteiger partial charge >= 0.3 is 0 Å². The monoisotopic (exact) mass is 347 g/mol. The van der Waals surface area contributed by atoms with Crippen LogP contribution in [0.4, 0.5) is 17.2 Å². The minimum atomic E-state index is 0.275. The van der Waals surface area contributed by atoms with Crippen LogP contribution in [0.1, 0.15) is 18.4 Å². The van der Waals surface area contributed by atoms with Crippen LogP contribution in [0.5, 0.6) is 5.88 Å². The van der Waals surface area contributed by atoms with Crippen molar-refractivity contribution in [3.8, 4) is 23.3 Å². The fourth-order valence-corrected chi connectivity index (χ4v) is 2.53. The predicted octanol–water partition coefficient (Wildman–Crippen LogP) is 3.72. The Kier molecular flexibility index (Phi) is 4.15. The first-order valence-electron chi connectivity index (χ1n) is 8.32. The molecule has 1 aliphatic rings. The number of nitriles is 1. The molecule has 0 amide bonds. The Bertz CT molecular complexity index is 941. The minimum Gasteiger partial charge on any atom is -0.476 e. The van der Waals surface area contributed by atoms with E-state index in [-0.39, 0.29) is 11.4 Å². The lowest BCUT2D eigenvalue weighted by atomic mass is 10.1. The maximum absolute atomic E-state index is 9.30. The highest BCUT2D eigenvalue weighted by Crippen LogP contribution is 2.32. The van der Waals surface area contributed by atoms with E-state index >= 15 is 0 Å². The number of anilines is 3. The molecule has 7 nitrogen and oxygen atoms in total. The number of aromatic nitrogens is 2. The quantitative estimate of drug-likeness (QED) is 0.699. The number of nitrogens with zero attached hydrogens (tertiary/aromatic N) is 3. The van der Waals surface area contributed by atoms with Crippen molar-refractivity contribution < 1.29 is 9.15 Å². The van der Waals surface area contributed by atoms with Gasteiger partial charge in [0.05, 0.1) is 18.5 Å². The van der Waals surface area contributed by atoms with Crippen molar-refractivity contribution in [2.24, 2.45) is 5.92 Å². The maximum atomic E-state index is 9.30. The number of hydrogen-bond donors (Lipinski definition) is 2. The van der Waals surface area contributed by atoms with Gasteiger partial charge in [-0.1, -0.05) is 0 Å². The molecule has 7 heteroatoms. The highest BCUT2D eigenvalue weighted by atomic mass is 16.5. The van der Waals surface area contributed by atoms with Crippen LogP contribution in [0.2, 0.25) is 0 Å². The van der Waals surface area contributed by atoms with Crippen LogP contribution in [0.3, 0.4) is 0 Å². The molecule has 0 spiro atoms. The van der Waals surface area contributed by atoms with Gasteiger partial charge in [0.15, 0.2) is 12.2 Å². The van der Waals surface area contributed by atoms with Crippen LogP contribution in [0, 0.1) is 17.2 Å². The van der Waals surface area contributed by atoms with Gasteiger partial charge in [0.2, 0.25) is 5.88 Å². The van der Waals surface area contributed by atoms with E-state index in [1.165, 1.54) is 6.39 Å². The van der Waals surface area contributed by atoms with Gasteiger partial charge in [-0.15, -0.1) is 0 Å². The molecule has 0 saturated heterocycles. The van der Waals surface area contributed by atoms with Crippen molar-refractivity contribution in [1.29, 1.82) is 5.26 Å². The molecule has 1 saturated carbocycles. The van der Waals surface area contributed by atoms with Gasteiger partial charge in [0.25, 0.3) is 0 Å². The minimum absolute atomic E-state index is 0.275.